The summed E-state index contributed by atoms with van der Waals surface area (Å²) in [5, 5.41) is 10.7. The van der Waals surface area contributed by atoms with E-state index < -0.39 is 19.1 Å². The van der Waals surface area contributed by atoms with Crippen LogP contribution in [0.15, 0.2) is 0 Å². The molecule has 0 atom stereocenters. The fraction of sp³-hybridized carbons (Fsp3) is 0.667. The van der Waals surface area contributed by atoms with Crippen LogP contribution in [0, 0.1) is 0 Å². The predicted molar refractivity (Wildman–Crippen MR) is 19.4 cm³/mol. The number of carbonyl (C=O) groups excluding carboxylic acids is 1. The lowest BCUT2D eigenvalue weighted by molar-refractivity contribution is -0.251. The highest BCUT2D eigenvalue weighted by molar-refractivity contribution is 5.61. The SMILES string of the molecule is O=C([O-])NCC(F)F. The van der Waals surface area contributed by atoms with Gasteiger partial charge in [0.25, 0.3) is 6.43 Å². The van der Waals surface area contributed by atoms with Crippen LogP contribution in [0.2, 0.25) is 0 Å². The molecule has 0 aromatic carbocycles. The van der Waals surface area contributed by atoms with Crippen molar-refractivity contribution in [3.05, 3.63) is 0 Å². The lowest BCUT2D eigenvalue weighted by Crippen LogP contribution is -2.38. The van der Waals surface area contributed by atoms with E-state index in [1.165, 1.54) is 5.32 Å². The Labute approximate surface area is 44.3 Å². The van der Waals surface area contributed by atoms with Gasteiger partial charge in [-0.05, 0) is 0 Å². The number of hydrogen-bond acceptors (Lipinski definition) is 2. The first-order chi connectivity index (χ1) is 3.63. The lowest BCUT2D eigenvalue weighted by atomic mass is 10.7. The second kappa shape index (κ2) is 3.17. The molecule has 0 aromatic rings. The van der Waals surface area contributed by atoms with Crippen molar-refractivity contribution in [2.75, 3.05) is 6.54 Å². The summed E-state index contributed by atoms with van der Waals surface area (Å²) in [5.74, 6) is 0. The maximum atomic E-state index is 11.0. The number of alkyl halides is 2. The first-order valence-electron chi connectivity index (χ1n) is 1.86. The molecule has 0 aliphatic rings. The van der Waals surface area contributed by atoms with Crippen molar-refractivity contribution >= 4 is 6.09 Å². The highest BCUT2D eigenvalue weighted by Gasteiger charge is 1.98. The summed E-state index contributed by atoms with van der Waals surface area (Å²) in [6.45, 7) is -0.859. The average Bonchev–Trinajstić information content (AvgIpc) is 1.61. The fourth-order valence-electron chi connectivity index (χ4n) is 0.160. The van der Waals surface area contributed by atoms with Gasteiger partial charge in [0.05, 0.1) is 6.54 Å². The van der Waals surface area contributed by atoms with Crippen molar-refractivity contribution in [2.24, 2.45) is 0 Å². The van der Waals surface area contributed by atoms with Crippen LogP contribution >= 0.6 is 0 Å². The minimum Gasteiger partial charge on any atom is -0.530 e. The van der Waals surface area contributed by atoms with Crippen LogP contribution in [0.3, 0.4) is 0 Å². The van der Waals surface area contributed by atoms with Gasteiger partial charge in [-0.15, -0.1) is 0 Å². The Kier molecular flexibility index (Phi) is 2.83. The van der Waals surface area contributed by atoms with Gasteiger partial charge in [0.1, 0.15) is 6.09 Å². The van der Waals surface area contributed by atoms with Crippen molar-refractivity contribution in [3.63, 3.8) is 0 Å². The zero-order valence-corrected chi connectivity index (χ0v) is 3.86. The van der Waals surface area contributed by atoms with Crippen molar-refractivity contribution < 1.29 is 18.7 Å². The summed E-state index contributed by atoms with van der Waals surface area (Å²) in [5.41, 5.74) is 0. The lowest BCUT2D eigenvalue weighted by Gasteiger charge is -2.03. The molecule has 48 valence electrons. The van der Waals surface area contributed by atoms with Crippen LogP contribution in [0.1, 0.15) is 0 Å². The Balaban J connectivity index is 3.05. The summed E-state index contributed by atoms with van der Waals surface area (Å²) < 4.78 is 22.1. The normalized spacial score (nSPS) is 9.38. The number of amides is 1. The third-order valence-electron chi connectivity index (χ3n) is 0.401. The van der Waals surface area contributed by atoms with Crippen LogP contribution in [0.25, 0.3) is 0 Å². The van der Waals surface area contributed by atoms with Gasteiger partial charge in [0.15, 0.2) is 0 Å². The van der Waals surface area contributed by atoms with E-state index in [2.05, 4.69) is 0 Å². The Hall–Kier alpha value is -0.870. The Morgan fingerprint density at radius 1 is 1.75 bits per heavy atom. The summed E-state index contributed by atoms with van der Waals surface area (Å²) in [6.07, 6.45) is -4.32. The number of hydrogen-bond donors (Lipinski definition) is 1. The molecule has 0 spiro atoms. The van der Waals surface area contributed by atoms with Gasteiger partial charge in [-0.25, -0.2) is 8.78 Å². The number of rotatable bonds is 2. The first-order valence-corrected chi connectivity index (χ1v) is 1.86. The summed E-state index contributed by atoms with van der Waals surface area (Å²) in [4.78, 5) is 9.35. The van der Waals surface area contributed by atoms with E-state index in [-0.39, 0.29) is 0 Å². The maximum Gasteiger partial charge on any atom is 0.255 e. The molecule has 0 radical (unpaired) electrons. The molecule has 0 heterocycles. The van der Waals surface area contributed by atoms with E-state index in [0.717, 1.165) is 0 Å². The van der Waals surface area contributed by atoms with Gasteiger partial charge in [0, 0.05) is 0 Å². The molecule has 5 heteroatoms. The van der Waals surface area contributed by atoms with Crippen LogP contribution in [0.4, 0.5) is 13.6 Å². The van der Waals surface area contributed by atoms with Gasteiger partial charge >= 0.3 is 0 Å². The molecule has 0 saturated heterocycles. The smallest absolute Gasteiger partial charge is 0.255 e. The monoisotopic (exact) mass is 124 g/mol. The molecule has 1 amide bonds. The van der Waals surface area contributed by atoms with E-state index >= 15 is 0 Å². The van der Waals surface area contributed by atoms with Gasteiger partial charge in [-0.1, -0.05) is 0 Å². The molecule has 0 aromatic heterocycles. The van der Waals surface area contributed by atoms with Crippen molar-refractivity contribution in [2.45, 2.75) is 6.43 Å². The van der Waals surface area contributed by atoms with Crippen LogP contribution < -0.4 is 10.4 Å². The standard InChI is InChI=1S/C3H5F2NO2/c4-2(5)1-6-3(7)8/h2,6H,1H2,(H,7,8)/p-1. The minimum absolute atomic E-state index is 0.859. The first kappa shape index (κ1) is 7.13. The molecule has 8 heavy (non-hydrogen) atoms. The molecule has 0 unspecified atom stereocenters. The Morgan fingerprint density at radius 2 is 2.25 bits per heavy atom. The molecule has 0 saturated carbocycles. The average molecular weight is 124 g/mol. The zero-order valence-electron chi connectivity index (χ0n) is 3.86. The molecule has 0 bridgehead atoms. The molecule has 3 nitrogen and oxygen atoms in total. The van der Waals surface area contributed by atoms with E-state index in [9.17, 15) is 18.7 Å². The van der Waals surface area contributed by atoms with Crippen molar-refractivity contribution in [3.8, 4) is 0 Å². The third-order valence-corrected chi connectivity index (χ3v) is 0.401. The molecule has 0 rings (SSSR count). The maximum absolute atomic E-state index is 11.0. The summed E-state index contributed by atoms with van der Waals surface area (Å²) >= 11 is 0. The van der Waals surface area contributed by atoms with Gasteiger partial charge in [-0.2, -0.15) is 0 Å². The molecule has 0 fully saturated rings. The number of carboxylic acid groups (broad SMARTS) is 1. The highest BCUT2D eigenvalue weighted by Crippen LogP contribution is 1.85. The molecular formula is C3H4F2NO2-. The second-order valence-corrected chi connectivity index (χ2v) is 1.06. The highest BCUT2D eigenvalue weighted by atomic mass is 19.3. The molecule has 0 aliphatic carbocycles. The fourth-order valence-corrected chi connectivity index (χ4v) is 0.160. The molecule has 0 aliphatic heterocycles. The Bertz CT molecular complexity index is 85.4. The van der Waals surface area contributed by atoms with Crippen molar-refractivity contribution in [1.29, 1.82) is 0 Å². The van der Waals surface area contributed by atoms with Crippen LogP contribution in [-0.2, 0) is 0 Å². The predicted octanol–water partition coefficient (Wildman–Crippen LogP) is -0.816. The van der Waals surface area contributed by atoms with E-state index in [4.69, 9.17) is 0 Å². The largest absolute Gasteiger partial charge is 0.530 e. The van der Waals surface area contributed by atoms with E-state index in [1.54, 1.807) is 0 Å². The third kappa shape index (κ3) is 5.13. The van der Waals surface area contributed by atoms with Crippen LogP contribution in [0.5, 0.6) is 0 Å². The minimum atomic E-state index is -2.65. The van der Waals surface area contributed by atoms with Gasteiger partial charge < -0.3 is 15.2 Å². The number of carbonyl (C=O) groups is 1. The zero-order chi connectivity index (χ0) is 6.57. The van der Waals surface area contributed by atoms with Crippen LogP contribution in [-0.4, -0.2) is 19.1 Å². The van der Waals surface area contributed by atoms with Gasteiger partial charge in [0.2, 0.25) is 0 Å². The van der Waals surface area contributed by atoms with E-state index in [0.29, 0.717) is 0 Å². The topological polar surface area (TPSA) is 52.2 Å². The van der Waals surface area contributed by atoms with Gasteiger partial charge in [-0.3, -0.25) is 0 Å². The van der Waals surface area contributed by atoms with E-state index in [1.807, 2.05) is 0 Å². The number of nitrogens with one attached hydrogen (secondary N) is 1. The Morgan fingerprint density at radius 3 is 2.38 bits per heavy atom. The summed E-state index contributed by atoms with van der Waals surface area (Å²) in [6, 6.07) is 0. The molecular weight excluding hydrogens is 120 g/mol. The number of halogens is 2. The molecule has 1 N–H and O–H groups in total. The summed E-state index contributed by atoms with van der Waals surface area (Å²) in [7, 11) is 0. The quantitative estimate of drug-likeness (QED) is 0.523. The van der Waals surface area contributed by atoms with Crippen molar-refractivity contribution in [1.82, 2.24) is 5.32 Å². The second-order valence-electron chi connectivity index (χ2n) is 1.06.